The van der Waals surface area contributed by atoms with Crippen LogP contribution in [0.4, 0.5) is 5.82 Å². The molecule has 0 aliphatic carbocycles. The summed E-state index contributed by atoms with van der Waals surface area (Å²) in [4.78, 5) is 29.4. The summed E-state index contributed by atoms with van der Waals surface area (Å²) in [6.45, 7) is 6.45. The van der Waals surface area contributed by atoms with Crippen molar-refractivity contribution in [2.24, 2.45) is 7.05 Å². The lowest BCUT2D eigenvalue weighted by Crippen LogP contribution is -2.28. The third-order valence-electron chi connectivity index (χ3n) is 6.44. The Morgan fingerprint density at radius 2 is 1.94 bits per heavy atom. The summed E-state index contributed by atoms with van der Waals surface area (Å²) >= 11 is 0. The highest BCUT2D eigenvalue weighted by atomic mass is 16.2. The van der Waals surface area contributed by atoms with Crippen molar-refractivity contribution in [1.82, 2.24) is 34.6 Å². The van der Waals surface area contributed by atoms with E-state index in [2.05, 4.69) is 22.1 Å². The van der Waals surface area contributed by atoms with Crippen LogP contribution in [0.3, 0.4) is 0 Å². The fourth-order valence-electron chi connectivity index (χ4n) is 4.51. The fraction of sp³-hybridized carbons (Fsp3) is 0.269. The molecule has 0 atom stereocenters. The molecule has 3 aromatic heterocycles. The summed E-state index contributed by atoms with van der Waals surface area (Å²) < 4.78 is 2.03. The van der Waals surface area contributed by atoms with Crippen LogP contribution in [0.25, 0.3) is 33.2 Å². The molecule has 35 heavy (non-hydrogen) atoms. The van der Waals surface area contributed by atoms with Crippen molar-refractivity contribution < 1.29 is 4.79 Å². The number of hydrogen-bond acceptors (Lipinski definition) is 6. The van der Waals surface area contributed by atoms with E-state index in [1.165, 1.54) is 0 Å². The number of carbonyl (C=O) groups excluding carboxylic acids is 1. The second kappa shape index (κ2) is 8.50. The molecule has 3 N–H and O–H groups in total. The zero-order valence-corrected chi connectivity index (χ0v) is 20.5. The summed E-state index contributed by atoms with van der Waals surface area (Å²) in [7, 11) is 3.76. The van der Waals surface area contributed by atoms with E-state index in [1.54, 1.807) is 11.9 Å². The first-order valence-electron chi connectivity index (χ1n) is 11.5. The number of fused-ring (bicyclic) bond motifs is 2. The Hall–Kier alpha value is -4.27. The number of hydrogen-bond donors (Lipinski definition) is 2. The molecule has 5 rings (SSSR count). The van der Waals surface area contributed by atoms with Crippen LogP contribution in [-0.4, -0.2) is 47.6 Å². The van der Waals surface area contributed by atoms with Crippen molar-refractivity contribution in [3.8, 4) is 11.4 Å². The predicted octanol–water partition coefficient (Wildman–Crippen LogP) is 3.94. The highest BCUT2D eigenvalue weighted by Crippen LogP contribution is 2.30. The highest BCUT2D eigenvalue weighted by molar-refractivity contribution is 6.05. The van der Waals surface area contributed by atoms with E-state index >= 15 is 0 Å². The number of carbonyl (C=O) groups is 1. The molecule has 9 heteroatoms. The molecule has 5 aromatic rings. The fourth-order valence-corrected chi connectivity index (χ4v) is 4.51. The number of rotatable bonds is 5. The number of nitrogens with zero attached hydrogens (tertiary/aromatic N) is 6. The Labute approximate surface area is 203 Å². The van der Waals surface area contributed by atoms with E-state index in [1.807, 2.05) is 62.0 Å². The lowest BCUT2D eigenvalue weighted by atomic mass is 10.0. The molecular formula is C26H28N8O. The molecule has 9 nitrogen and oxygen atoms in total. The molecule has 2 aromatic carbocycles. The van der Waals surface area contributed by atoms with Gasteiger partial charge in [-0.3, -0.25) is 9.89 Å². The molecule has 0 bridgehead atoms. The third kappa shape index (κ3) is 3.88. The van der Waals surface area contributed by atoms with Gasteiger partial charge in [0.2, 0.25) is 0 Å². The zero-order chi connectivity index (χ0) is 24.9. The van der Waals surface area contributed by atoms with Crippen LogP contribution >= 0.6 is 0 Å². The van der Waals surface area contributed by atoms with Crippen LogP contribution in [-0.2, 0) is 20.0 Å². The van der Waals surface area contributed by atoms with Crippen LogP contribution in [0.2, 0.25) is 0 Å². The first kappa shape index (κ1) is 22.5. The quantitative estimate of drug-likeness (QED) is 0.403. The van der Waals surface area contributed by atoms with Gasteiger partial charge in [-0.05, 0) is 43.7 Å². The van der Waals surface area contributed by atoms with Gasteiger partial charge < -0.3 is 15.2 Å². The van der Waals surface area contributed by atoms with Gasteiger partial charge in [0.25, 0.3) is 5.91 Å². The van der Waals surface area contributed by atoms with E-state index in [0.717, 1.165) is 50.9 Å². The summed E-state index contributed by atoms with van der Waals surface area (Å²) in [6, 6.07) is 9.75. The Morgan fingerprint density at radius 1 is 1.14 bits per heavy atom. The number of nitrogens with one attached hydrogen (secondary N) is 1. The number of nitrogens with two attached hydrogens (primary N) is 1. The van der Waals surface area contributed by atoms with E-state index in [0.29, 0.717) is 29.4 Å². The van der Waals surface area contributed by atoms with E-state index < -0.39 is 0 Å². The van der Waals surface area contributed by atoms with Crippen LogP contribution in [0.1, 0.15) is 40.1 Å². The Balaban J connectivity index is 1.61. The number of H-pyrrole nitrogens is 1. The second-order valence-electron chi connectivity index (χ2n) is 8.98. The minimum Gasteiger partial charge on any atom is -0.384 e. The van der Waals surface area contributed by atoms with Crippen molar-refractivity contribution in [3.63, 3.8) is 0 Å². The van der Waals surface area contributed by atoms with Crippen LogP contribution in [0, 0.1) is 13.8 Å². The lowest BCUT2D eigenvalue weighted by Gasteiger charge is -2.19. The smallest absolute Gasteiger partial charge is 0.273 e. The average Bonchev–Trinajstić information content (AvgIpc) is 3.39. The molecule has 178 valence electrons. The van der Waals surface area contributed by atoms with Crippen molar-refractivity contribution in [2.45, 2.75) is 33.7 Å². The van der Waals surface area contributed by atoms with Crippen LogP contribution in [0.15, 0.2) is 36.5 Å². The first-order valence-corrected chi connectivity index (χ1v) is 11.5. The number of nitrogen functional groups attached to an aromatic ring is 1. The number of amides is 1. The first-order chi connectivity index (χ1) is 16.8. The second-order valence-corrected chi connectivity index (χ2v) is 8.98. The van der Waals surface area contributed by atoms with E-state index in [4.69, 9.17) is 15.7 Å². The molecule has 0 unspecified atom stereocenters. The maximum Gasteiger partial charge on any atom is 0.273 e. The van der Waals surface area contributed by atoms with Crippen molar-refractivity contribution >= 4 is 33.5 Å². The maximum absolute atomic E-state index is 13.7. The van der Waals surface area contributed by atoms with Gasteiger partial charge in [-0.15, -0.1) is 0 Å². The monoisotopic (exact) mass is 468 g/mol. The Morgan fingerprint density at radius 3 is 2.69 bits per heavy atom. The van der Waals surface area contributed by atoms with Gasteiger partial charge in [-0.2, -0.15) is 5.10 Å². The number of imidazole rings is 1. The van der Waals surface area contributed by atoms with Gasteiger partial charge in [0.05, 0.1) is 29.5 Å². The molecule has 0 saturated carbocycles. The minimum absolute atomic E-state index is 0.176. The number of anilines is 1. The van der Waals surface area contributed by atoms with Gasteiger partial charge in [-0.25, -0.2) is 15.0 Å². The molecule has 0 aliphatic rings. The normalized spacial score (nSPS) is 11.5. The van der Waals surface area contributed by atoms with Gasteiger partial charge >= 0.3 is 0 Å². The van der Waals surface area contributed by atoms with Gasteiger partial charge in [-0.1, -0.05) is 18.6 Å². The number of aryl methyl sites for hydroxylation is 3. The number of aromatic amines is 1. The molecule has 0 spiro atoms. The largest absolute Gasteiger partial charge is 0.384 e. The molecule has 3 heterocycles. The van der Waals surface area contributed by atoms with Gasteiger partial charge in [0.1, 0.15) is 17.3 Å². The molecule has 0 saturated heterocycles. The molecule has 0 radical (unpaired) electrons. The summed E-state index contributed by atoms with van der Waals surface area (Å²) in [6.07, 6.45) is 2.66. The maximum atomic E-state index is 13.7. The standard InChI is InChI=1S/C26H28N8O/c1-6-21-28-12-17(34(21)5)13-33(4)26(35)23-18-9-14(2)7-8-19(18)29-25(30-23)16-10-15(3)22-20(11-16)31-32-24(22)27/h7-12H,6,13H2,1-5H3,(H3,27,31,32). The van der Waals surface area contributed by atoms with Crippen LogP contribution in [0.5, 0.6) is 0 Å². The number of benzene rings is 2. The predicted molar refractivity (Wildman–Crippen MR) is 137 cm³/mol. The van der Waals surface area contributed by atoms with Crippen molar-refractivity contribution in [3.05, 3.63) is 64.9 Å². The SMILES string of the molecule is CCc1ncc(CN(C)C(=O)c2nc(-c3cc(C)c4c(N)[nH]nc4c3)nc3ccc(C)cc23)n1C. The van der Waals surface area contributed by atoms with Crippen molar-refractivity contribution in [2.75, 3.05) is 12.8 Å². The zero-order valence-electron chi connectivity index (χ0n) is 20.5. The summed E-state index contributed by atoms with van der Waals surface area (Å²) in [5.74, 6) is 1.80. The highest BCUT2D eigenvalue weighted by Gasteiger charge is 2.21. The Kier molecular flexibility index (Phi) is 5.47. The van der Waals surface area contributed by atoms with E-state index in [9.17, 15) is 4.79 Å². The van der Waals surface area contributed by atoms with E-state index in [-0.39, 0.29) is 5.91 Å². The Bertz CT molecular complexity index is 1600. The average molecular weight is 469 g/mol. The third-order valence-corrected chi connectivity index (χ3v) is 6.44. The van der Waals surface area contributed by atoms with Gasteiger partial charge in [0, 0.05) is 36.9 Å². The summed E-state index contributed by atoms with van der Waals surface area (Å²) in [5, 5.41) is 8.74. The van der Waals surface area contributed by atoms with Gasteiger partial charge in [0.15, 0.2) is 5.82 Å². The molecular weight excluding hydrogens is 440 g/mol. The summed E-state index contributed by atoms with van der Waals surface area (Å²) in [5.41, 5.74) is 11.6. The minimum atomic E-state index is -0.176. The molecule has 0 fully saturated rings. The topological polar surface area (TPSA) is 119 Å². The van der Waals surface area contributed by atoms with Crippen LogP contribution < -0.4 is 5.73 Å². The number of aromatic nitrogens is 6. The molecule has 0 aliphatic heterocycles. The molecule has 1 amide bonds. The van der Waals surface area contributed by atoms with Crippen molar-refractivity contribution in [1.29, 1.82) is 0 Å². The lowest BCUT2D eigenvalue weighted by molar-refractivity contribution is 0.0778.